The largest absolute Gasteiger partial charge is 0.444 e. The Morgan fingerprint density at radius 1 is 1.56 bits per heavy atom. The molecule has 0 saturated carbocycles. The summed E-state index contributed by atoms with van der Waals surface area (Å²) in [5, 5.41) is 6.76. The molecule has 1 aromatic rings. The lowest BCUT2D eigenvalue weighted by molar-refractivity contribution is 0.0527. The quantitative estimate of drug-likeness (QED) is 0.797. The summed E-state index contributed by atoms with van der Waals surface area (Å²) < 4.78 is 6.81. The number of nitrogens with two attached hydrogens (primary N) is 1. The standard InChI is InChI=1S/C12H22N4O2/c1-12(2,3)18-11(17)14-7-5-6-9-8-16(4)15-10(9)13/h8H,5-7H2,1-4H3,(H2,13,15)(H,14,17). The molecule has 0 fully saturated rings. The van der Waals surface area contributed by atoms with Crippen molar-refractivity contribution in [2.75, 3.05) is 12.3 Å². The number of hydrogen-bond donors (Lipinski definition) is 2. The molecule has 0 aromatic carbocycles. The van der Waals surface area contributed by atoms with Crippen molar-refractivity contribution in [1.82, 2.24) is 15.1 Å². The van der Waals surface area contributed by atoms with Crippen molar-refractivity contribution in [3.05, 3.63) is 11.8 Å². The molecule has 0 bridgehead atoms. The number of alkyl carbamates (subject to hydrolysis) is 1. The molecule has 0 atom stereocenters. The van der Waals surface area contributed by atoms with Crippen LogP contribution in [0.25, 0.3) is 0 Å². The average molecular weight is 254 g/mol. The van der Waals surface area contributed by atoms with Gasteiger partial charge < -0.3 is 15.8 Å². The fourth-order valence-electron chi connectivity index (χ4n) is 1.53. The summed E-state index contributed by atoms with van der Waals surface area (Å²) in [6.45, 7) is 6.07. The fourth-order valence-corrected chi connectivity index (χ4v) is 1.53. The van der Waals surface area contributed by atoms with E-state index < -0.39 is 5.60 Å². The fraction of sp³-hybridized carbons (Fsp3) is 0.667. The van der Waals surface area contributed by atoms with Crippen LogP contribution < -0.4 is 11.1 Å². The van der Waals surface area contributed by atoms with E-state index in [1.165, 1.54) is 0 Å². The van der Waals surface area contributed by atoms with E-state index >= 15 is 0 Å². The van der Waals surface area contributed by atoms with Gasteiger partial charge in [-0.2, -0.15) is 5.10 Å². The number of carbonyl (C=O) groups is 1. The number of nitrogens with one attached hydrogen (secondary N) is 1. The molecule has 1 rings (SSSR count). The predicted molar refractivity (Wildman–Crippen MR) is 70.2 cm³/mol. The number of aryl methyl sites for hydroxylation is 2. The van der Waals surface area contributed by atoms with Crippen LogP contribution in [0.15, 0.2) is 6.20 Å². The molecular weight excluding hydrogens is 232 g/mol. The Labute approximate surface area is 107 Å². The van der Waals surface area contributed by atoms with Gasteiger partial charge in [-0.3, -0.25) is 4.68 Å². The van der Waals surface area contributed by atoms with E-state index in [-0.39, 0.29) is 6.09 Å². The number of hydrogen-bond acceptors (Lipinski definition) is 4. The Hall–Kier alpha value is -1.72. The number of rotatable bonds is 4. The molecule has 1 aromatic heterocycles. The molecule has 0 saturated heterocycles. The van der Waals surface area contributed by atoms with Gasteiger partial charge in [0.05, 0.1) is 0 Å². The van der Waals surface area contributed by atoms with Gasteiger partial charge in [0.25, 0.3) is 0 Å². The summed E-state index contributed by atoms with van der Waals surface area (Å²) in [5.74, 6) is 0.551. The highest BCUT2D eigenvalue weighted by Gasteiger charge is 2.15. The van der Waals surface area contributed by atoms with E-state index in [1.807, 2.05) is 34.0 Å². The maximum absolute atomic E-state index is 11.4. The number of aromatic nitrogens is 2. The molecule has 0 spiro atoms. The van der Waals surface area contributed by atoms with Crippen LogP contribution in [0.1, 0.15) is 32.8 Å². The van der Waals surface area contributed by atoms with Crippen molar-refractivity contribution in [3.8, 4) is 0 Å². The van der Waals surface area contributed by atoms with Crippen molar-refractivity contribution < 1.29 is 9.53 Å². The van der Waals surface area contributed by atoms with Crippen molar-refractivity contribution in [3.63, 3.8) is 0 Å². The maximum atomic E-state index is 11.4. The van der Waals surface area contributed by atoms with E-state index in [1.54, 1.807) is 4.68 Å². The van der Waals surface area contributed by atoms with E-state index in [2.05, 4.69) is 10.4 Å². The highest BCUT2D eigenvalue weighted by molar-refractivity contribution is 5.67. The summed E-state index contributed by atoms with van der Waals surface area (Å²) in [6.07, 6.45) is 3.09. The number of anilines is 1. The lowest BCUT2D eigenvalue weighted by Crippen LogP contribution is -2.33. The first-order valence-electron chi connectivity index (χ1n) is 6.03. The second-order valence-corrected chi connectivity index (χ2v) is 5.25. The average Bonchev–Trinajstić information content (AvgIpc) is 2.49. The van der Waals surface area contributed by atoms with Crippen LogP contribution in [-0.4, -0.2) is 28.0 Å². The van der Waals surface area contributed by atoms with Gasteiger partial charge in [0.15, 0.2) is 0 Å². The van der Waals surface area contributed by atoms with Crippen molar-refractivity contribution in [2.45, 2.75) is 39.2 Å². The molecule has 1 heterocycles. The molecule has 0 unspecified atom stereocenters. The summed E-state index contributed by atoms with van der Waals surface area (Å²) in [6, 6.07) is 0. The van der Waals surface area contributed by atoms with Crippen LogP contribution >= 0.6 is 0 Å². The van der Waals surface area contributed by atoms with Crippen molar-refractivity contribution in [2.24, 2.45) is 7.05 Å². The molecule has 1 amide bonds. The van der Waals surface area contributed by atoms with Crippen LogP contribution in [0.5, 0.6) is 0 Å². The Kier molecular flexibility index (Phi) is 4.58. The van der Waals surface area contributed by atoms with Gasteiger partial charge in [0, 0.05) is 25.4 Å². The second-order valence-electron chi connectivity index (χ2n) is 5.25. The normalized spacial score (nSPS) is 11.3. The number of amides is 1. The first-order chi connectivity index (χ1) is 8.28. The topological polar surface area (TPSA) is 82.2 Å². The highest BCUT2D eigenvalue weighted by atomic mass is 16.6. The van der Waals surface area contributed by atoms with Gasteiger partial charge >= 0.3 is 6.09 Å². The van der Waals surface area contributed by atoms with E-state index in [0.717, 1.165) is 18.4 Å². The van der Waals surface area contributed by atoms with E-state index in [0.29, 0.717) is 12.4 Å². The number of nitrogens with zero attached hydrogens (tertiary/aromatic N) is 2. The molecule has 18 heavy (non-hydrogen) atoms. The third kappa shape index (κ3) is 5.07. The van der Waals surface area contributed by atoms with Crippen LogP contribution in [0.4, 0.5) is 10.6 Å². The summed E-state index contributed by atoms with van der Waals surface area (Å²) in [5.41, 5.74) is 6.27. The highest BCUT2D eigenvalue weighted by Crippen LogP contribution is 2.10. The number of carbonyl (C=O) groups excluding carboxylic acids is 1. The van der Waals surface area contributed by atoms with Gasteiger partial charge in [0.2, 0.25) is 0 Å². The van der Waals surface area contributed by atoms with Gasteiger partial charge in [-0.05, 0) is 33.6 Å². The third-order valence-corrected chi connectivity index (χ3v) is 2.23. The van der Waals surface area contributed by atoms with Crippen molar-refractivity contribution >= 4 is 11.9 Å². The minimum atomic E-state index is -0.460. The Bertz CT molecular complexity index is 407. The molecule has 0 aliphatic rings. The second kappa shape index (κ2) is 5.75. The van der Waals surface area contributed by atoms with E-state index in [4.69, 9.17) is 10.5 Å². The smallest absolute Gasteiger partial charge is 0.407 e. The van der Waals surface area contributed by atoms with Gasteiger partial charge in [0.1, 0.15) is 11.4 Å². The van der Waals surface area contributed by atoms with E-state index in [9.17, 15) is 4.79 Å². The number of ether oxygens (including phenoxy) is 1. The summed E-state index contributed by atoms with van der Waals surface area (Å²) in [4.78, 5) is 11.4. The molecule has 0 aliphatic heterocycles. The Balaban J connectivity index is 2.23. The van der Waals surface area contributed by atoms with Crippen molar-refractivity contribution in [1.29, 1.82) is 0 Å². The molecule has 6 nitrogen and oxygen atoms in total. The lowest BCUT2D eigenvalue weighted by Gasteiger charge is -2.19. The SMILES string of the molecule is Cn1cc(CCCNC(=O)OC(C)(C)C)c(N)n1. The van der Waals surface area contributed by atoms with Gasteiger partial charge in [-0.1, -0.05) is 0 Å². The minimum absolute atomic E-state index is 0.387. The molecule has 6 heteroatoms. The summed E-state index contributed by atoms with van der Waals surface area (Å²) >= 11 is 0. The monoisotopic (exact) mass is 254 g/mol. The molecule has 102 valence electrons. The Morgan fingerprint density at radius 2 is 2.22 bits per heavy atom. The first-order valence-corrected chi connectivity index (χ1v) is 6.03. The number of nitrogen functional groups attached to an aromatic ring is 1. The predicted octanol–water partition coefficient (Wildman–Crippen LogP) is 1.46. The van der Waals surface area contributed by atoms with Crippen LogP contribution in [0.3, 0.4) is 0 Å². The first kappa shape index (κ1) is 14.3. The van der Waals surface area contributed by atoms with Gasteiger partial charge in [-0.15, -0.1) is 0 Å². The molecule has 3 N–H and O–H groups in total. The van der Waals surface area contributed by atoms with Crippen LogP contribution in [0.2, 0.25) is 0 Å². The minimum Gasteiger partial charge on any atom is -0.444 e. The molecule has 0 aliphatic carbocycles. The zero-order valence-corrected chi connectivity index (χ0v) is 11.5. The third-order valence-electron chi connectivity index (χ3n) is 2.23. The van der Waals surface area contributed by atoms with Gasteiger partial charge in [-0.25, -0.2) is 4.79 Å². The Morgan fingerprint density at radius 3 is 2.72 bits per heavy atom. The molecule has 0 radical (unpaired) electrons. The zero-order valence-electron chi connectivity index (χ0n) is 11.5. The molecular formula is C12H22N4O2. The lowest BCUT2D eigenvalue weighted by atomic mass is 10.2. The zero-order chi connectivity index (χ0) is 13.8. The van der Waals surface area contributed by atoms with Crippen LogP contribution in [0, 0.1) is 0 Å². The summed E-state index contributed by atoms with van der Waals surface area (Å²) in [7, 11) is 1.83. The maximum Gasteiger partial charge on any atom is 0.407 e. The van der Waals surface area contributed by atoms with Crippen LogP contribution in [-0.2, 0) is 18.2 Å².